The Morgan fingerprint density at radius 2 is 2.21 bits per heavy atom. The molecule has 1 heterocycles. The molecule has 6 nitrogen and oxygen atoms in total. The van der Waals surface area contributed by atoms with E-state index in [4.69, 9.17) is 17.3 Å². The molecule has 1 amide bonds. The number of halogens is 1. The quantitative estimate of drug-likeness (QED) is 0.721. The number of carbonyl (C=O) groups excluding carboxylic acids is 1. The number of hydrogen-bond donors (Lipinski definition) is 2. The van der Waals surface area contributed by atoms with Crippen molar-refractivity contribution in [2.75, 3.05) is 18.5 Å². The van der Waals surface area contributed by atoms with Gasteiger partial charge >= 0.3 is 6.09 Å². The van der Waals surface area contributed by atoms with E-state index >= 15 is 0 Å². The molecule has 0 bridgehead atoms. The molecular formula is C7H9ClN4O2. The third-order valence-corrected chi connectivity index (χ3v) is 1.45. The van der Waals surface area contributed by atoms with E-state index < -0.39 is 6.09 Å². The topological polar surface area (TPSA) is 90.1 Å². The summed E-state index contributed by atoms with van der Waals surface area (Å²) in [6.07, 6.45) is 2.13. The number of ether oxygens (including phenoxy) is 1. The molecule has 3 N–H and O–H groups in total. The molecule has 0 saturated heterocycles. The lowest BCUT2D eigenvalue weighted by molar-refractivity contribution is 0.161. The van der Waals surface area contributed by atoms with Gasteiger partial charge in [0, 0.05) is 0 Å². The number of carbonyl (C=O) groups is 1. The van der Waals surface area contributed by atoms with Gasteiger partial charge in [-0.05, 0) is 0 Å². The molecule has 0 unspecified atom stereocenters. The van der Waals surface area contributed by atoms with E-state index in [-0.39, 0.29) is 6.61 Å². The van der Waals surface area contributed by atoms with Crippen molar-refractivity contribution in [2.45, 2.75) is 0 Å². The zero-order valence-electron chi connectivity index (χ0n) is 7.24. The van der Waals surface area contributed by atoms with E-state index in [0.717, 1.165) is 0 Å². The van der Waals surface area contributed by atoms with Crippen molar-refractivity contribution in [1.82, 2.24) is 9.97 Å². The summed E-state index contributed by atoms with van der Waals surface area (Å²) in [5.41, 5.74) is 4.75. The fourth-order valence-electron chi connectivity index (χ4n) is 0.718. The molecule has 0 saturated carbocycles. The Morgan fingerprint density at radius 1 is 1.57 bits per heavy atom. The standard InChI is InChI=1S/C7H9ClN4O2/c8-5-3-11-7(12-4-5)10-1-2-14-6(9)13/h3-4H,1-2H2,(H2,9,13)(H,10,11,12). The first-order valence-electron chi connectivity index (χ1n) is 3.82. The Kier molecular flexibility index (Phi) is 3.93. The van der Waals surface area contributed by atoms with Crippen molar-refractivity contribution < 1.29 is 9.53 Å². The molecule has 7 heteroatoms. The number of nitrogens with two attached hydrogens (primary N) is 1. The highest BCUT2D eigenvalue weighted by atomic mass is 35.5. The van der Waals surface area contributed by atoms with Gasteiger partial charge in [0.1, 0.15) is 6.61 Å². The van der Waals surface area contributed by atoms with E-state index in [1.165, 1.54) is 12.4 Å². The molecule has 1 aromatic heterocycles. The number of nitrogens with zero attached hydrogens (tertiary/aromatic N) is 2. The SMILES string of the molecule is NC(=O)OCCNc1ncc(Cl)cn1. The van der Waals surface area contributed by atoms with Crippen molar-refractivity contribution in [3.63, 3.8) is 0 Å². The number of primary amides is 1. The maximum absolute atomic E-state index is 10.2. The Morgan fingerprint density at radius 3 is 2.79 bits per heavy atom. The third-order valence-electron chi connectivity index (χ3n) is 1.25. The van der Waals surface area contributed by atoms with E-state index in [9.17, 15) is 4.79 Å². The Hall–Kier alpha value is -1.56. The predicted octanol–water partition coefficient (Wildman–Crippen LogP) is 0.637. The monoisotopic (exact) mass is 216 g/mol. The molecule has 0 radical (unpaired) electrons. The first-order valence-corrected chi connectivity index (χ1v) is 4.20. The van der Waals surface area contributed by atoms with Gasteiger partial charge < -0.3 is 15.8 Å². The van der Waals surface area contributed by atoms with Gasteiger partial charge in [0.05, 0.1) is 24.0 Å². The summed E-state index contributed by atoms with van der Waals surface area (Å²) in [6, 6.07) is 0. The van der Waals surface area contributed by atoms with Crippen molar-refractivity contribution in [2.24, 2.45) is 5.73 Å². The van der Waals surface area contributed by atoms with Crippen LogP contribution in [-0.2, 0) is 4.74 Å². The summed E-state index contributed by atoms with van der Waals surface area (Å²) in [6.45, 7) is 0.561. The number of nitrogens with one attached hydrogen (secondary N) is 1. The lowest BCUT2D eigenvalue weighted by Crippen LogP contribution is -2.18. The van der Waals surface area contributed by atoms with E-state index in [2.05, 4.69) is 20.0 Å². The lowest BCUT2D eigenvalue weighted by Gasteiger charge is -2.03. The minimum atomic E-state index is -0.802. The van der Waals surface area contributed by atoms with Crippen molar-refractivity contribution in [1.29, 1.82) is 0 Å². The Balaban J connectivity index is 2.25. The van der Waals surface area contributed by atoms with Crippen LogP contribution in [0.25, 0.3) is 0 Å². The van der Waals surface area contributed by atoms with Crippen molar-refractivity contribution >= 4 is 23.6 Å². The smallest absolute Gasteiger partial charge is 0.404 e. The summed E-state index contributed by atoms with van der Waals surface area (Å²) in [5.74, 6) is 0.419. The second kappa shape index (κ2) is 5.23. The normalized spacial score (nSPS) is 9.50. The largest absolute Gasteiger partial charge is 0.448 e. The minimum absolute atomic E-state index is 0.168. The van der Waals surface area contributed by atoms with Gasteiger partial charge in [0.15, 0.2) is 0 Å². The minimum Gasteiger partial charge on any atom is -0.448 e. The summed E-state index contributed by atoms with van der Waals surface area (Å²) in [5, 5.41) is 3.28. The van der Waals surface area contributed by atoms with Crippen LogP contribution in [0.2, 0.25) is 5.02 Å². The molecule has 14 heavy (non-hydrogen) atoms. The number of anilines is 1. The molecule has 0 atom stereocenters. The van der Waals surface area contributed by atoms with Crippen LogP contribution in [0.5, 0.6) is 0 Å². The van der Waals surface area contributed by atoms with E-state index in [0.29, 0.717) is 17.5 Å². The second-order valence-electron chi connectivity index (χ2n) is 2.32. The van der Waals surface area contributed by atoms with Gasteiger partial charge in [-0.3, -0.25) is 0 Å². The van der Waals surface area contributed by atoms with Gasteiger partial charge in [-0.25, -0.2) is 14.8 Å². The molecule has 0 aliphatic rings. The van der Waals surface area contributed by atoms with E-state index in [1.54, 1.807) is 0 Å². The van der Waals surface area contributed by atoms with Crippen LogP contribution in [0.3, 0.4) is 0 Å². The summed E-state index contributed by atoms with van der Waals surface area (Å²) in [4.78, 5) is 17.9. The van der Waals surface area contributed by atoms with Crippen LogP contribution in [0.1, 0.15) is 0 Å². The van der Waals surface area contributed by atoms with Crippen molar-refractivity contribution in [3.8, 4) is 0 Å². The molecule has 1 rings (SSSR count). The first kappa shape index (κ1) is 10.5. The summed E-state index contributed by atoms with van der Waals surface area (Å²) in [7, 11) is 0. The zero-order valence-corrected chi connectivity index (χ0v) is 7.99. The van der Waals surface area contributed by atoms with Gasteiger partial charge in [-0.15, -0.1) is 0 Å². The molecule has 1 aromatic rings. The van der Waals surface area contributed by atoms with Crippen molar-refractivity contribution in [3.05, 3.63) is 17.4 Å². The van der Waals surface area contributed by atoms with Crippen LogP contribution in [0, 0.1) is 0 Å². The maximum Gasteiger partial charge on any atom is 0.404 e. The number of hydrogen-bond acceptors (Lipinski definition) is 5. The van der Waals surface area contributed by atoms with Crippen LogP contribution >= 0.6 is 11.6 Å². The fourth-order valence-corrected chi connectivity index (χ4v) is 0.816. The highest BCUT2D eigenvalue weighted by Crippen LogP contribution is 2.04. The second-order valence-corrected chi connectivity index (χ2v) is 2.76. The van der Waals surface area contributed by atoms with Gasteiger partial charge in [0.25, 0.3) is 0 Å². The average Bonchev–Trinajstić information content (AvgIpc) is 2.15. The molecule has 0 aromatic carbocycles. The van der Waals surface area contributed by atoms with Gasteiger partial charge in [0.2, 0.25) is 5.95 Å². The van der Waals surface area contributed by atoms with Crippen LogP contribution in [-0.4, -0.2) is 29.2 Å². The first-order chi connectivity index (χ1) is 6.68. The lowest BCUT2D eigenvalue weighted by atomic mass is 10.6. The maximum atomic E-state index is 10.2. The molecule has 0 aliphatic carbocycles. The zero-order chi connectivity index (χ0) is 10.4. The molecular weight excluding hydrogens is 208 g/mol. The van der Waals surface area contributed by atoms with Gasteiger partial charge in [-0.1, -0.05) is 11.6 Å². The molecule has 0 fully saturated rings. The van der Waals surface area contributed by atoms with E-state index in [1.807, 2.05) is 0 Å². The van der Waals surface area contributed by atoms with Gasteiger partial charge in [-0.2, -0.15) is 0 Å². The average molecular weight is 217 g/mol. The van der Waals surface area contributed by atoms with Crippen LogP contribution in [0.15, 0.2) is 12.4 Å². The summed E-state index contributed by atoms with van der Waals surface area (Å²) < 4.78 is 4.48. The molecule has 0 aliphatic heterocycles. The number of rotatable bonds is 4. The Labute approximate surface area is 85.4 Å². The van der Waals surface area contributed by atoms with Crippen LogP contribution < -0.4 is 11.1 Å². The summed E-state index contributed by atoms with van der Waals surface area (Å²) >= 11 is 5.58. The molecule has 76 valence electrons. The highest BCUT2D eigenvalue weighted by Gasteiger charge is 1.96. The predicted molar refractivity (Wildman–Crippen MR) is 51.1 cm³/mol. The number of aromatic nitrogens is 2. The Bertz CT molecular complexity index is 303. The third kappa shape index (κ3) is 3.90. The highest BCUT2D eigenvalue weighted by molar-refractivity contribution is 6.30. The molecule has 0 spiro atoms. The fraction of sp³-hybridized carbons (Fsp3) is 0.286. The number of amides is 1. The van der Waals surface area contributed by atoms with Crippen LogP contribution in [0.4, 0.5) is 10.7 Å².